The molecule has 0 atom stereocenters. The van der Waals surface area contributed by atoms with Gasteiger partial charge in [0, 0.05) is 45.1 Å². The van der Waals surface area contributed by atoms with Crippen molar-refractivity contribution in [3.63, 3.8) is 0 Å². The zero-order valence-electron chi connectivity index (χ0n) is 39.8. The first-order chi connectivity index (χ1) is 30.0. The van der Waals surface area contributed by atoms with Gasteiger partial charge < -0.3 is 13.9 Å². The third-order valence-corrected chi connectivity index (χ3v) is 14.1. The maximum absolute atomic E-state index is 7.39. The largest absolute Gasteiger partial charge is 0.458 e. The van der Waals surface area contributed by atoms with Gasteiger partial charge in [0.1, 0.15) is 11.5 Å². The van der Waals surface area contributed by atoms with Gasteiger partial charge in [0.15, 0.2) is 0 Å². The minimum atomic E-state index is -0.0123. The van der Waals surface area contributed by atoms with E-state index in [-0.39, 0.29) is 6.71 Å². The lowest BCUT2D eigenvalue weighted by Crippen LogP contribution is -2.57. The molecule has 2 aromatic heterocycles. The van der Waals surface area contributed by atoms with E-state index in [1.807, 2.05) is 0 Å². The van der Waals surface area contributed by atoms with E-state index in [2.05, 4.69) is 203 Å². The van der Waals surface area contributed by atoms with Crippen molar-refractivity contribution in [3.8, 4) is 22.9 Å². The summed E-state index contributed by atoms with van der Waals surface area (Å²) in [5.41, 5.74) is 25.7. The van der Waals surface area contributed by atoms with Crippen LogP contribution in [0.5, 0.6) is 11.5 Å². The number of hydrogen-bond acceptors (Lipinski definition) is 1. The van der Waals surface area contributed by atoms with E-state index in [4.69, 9.17) is 4.74 Å². The molecule has 7 aromatic carbocycles. The molecular formula is C59H61BN2O. The predicted octanol–water partition coefficient (Wildman–Crippen LogP) is 14.3. The SMILES string of the molecule is Cc1cc(C)c2c(c1)c1cc(C)cc(C)c1n2-c1ccc2c(c1)Oc1cc(-n3c4c(C)cc(C)cc4c4cc(C)cc(C)c43)ccc1B2c1c(C(C)C)cc(C(C)C)cc1C(C)C. The van der Waals surface area contributed by atoms with Crippen molar-refractivity contribution in [3.05, 3.63) is 158 Å². The third-order valence-electron chi connectivity index (χ3n) is 14.1. The van der Waals surface area contributed by atoms with Gasteiger partial charge in [-0.05, 0) is 159 Å². The van der Waals surface area contributed by atoms with Crippen molar-refractivity contribution in [1.29, 1.82) is 0 Å². The molecule has 0 unspecified atom stereocenters. The molecule has 0 spiro atoms. The van der Waals surface area contributed by atoms with Gasteiger partial charge in [-0.3, -0.25) is 0 Å². The van der Waals surface area contributed by atoms with E-state index >= 15 is 0 Å². The standard InChI is InChI=1S/C59H61BN2O/c1-31(2)42-27-45(32(3)4)55(46(28-42)33(5)6)60-51-17-15-43(61-56-38(11)19-34(7)23-47(56)48-24-35(8)20-39(12)57(48)61)29-53(51)63-54-30-44(16-18-52(54)60)62-58-40(13)21-36(9)25-49(58)50-26-37(10)22-41(14)59(50)62/h15-33H,1-14H3. The number of benzene rings is 7. The number of ether oxygens (including phenoxy) is 1. The lowest BCUT2D eigenvalue weighted by molar-refractivity contribution is 0.487. The van der Waals surface area contributed by atoms with Crippen LogP contribution < -0.4 is 21.1 Å². The highest BCUT2D eigenvalue weighted by molar-refractivity contribution is 6.97. The van der Waals surface area contributed by atoms with Gasteiger partial charge in [0.2, 0.25) is 0 Å². The number of nitrogens with zero attached hydrogens (tertiary/aromatic N) is 2. The van der Waals surface area contributed by atoms with E-state index in [0.717, 1.165) is 22.9 Å². The molecule has 0 aliphatic carbocycles. The van der Waals surface area contributed by atoms with Gasteiger partial charge in [0.05, 0.1) is 22.1 Å². The van der Waals surface area contributed by atoms with Crippen molar-refractivity contribution >= 4 is 66.7 Å². The van der Waals surface area contributed by atoms with Crippen LogP contribution in [0.4, 0.5) is 0 Å². The Labute approximate surface area is 374 Å². The molecule has 3 heterocycles. The normalized spacial score (nSPS) is 12.8. The molecule has 9 aromatic rings. The third kappa shape index (κ3) is 6.38. The lowest BCUT2D eigenvalue weighted by atomic mass is 9.34. The molecule has 1 aliphatic heterocycles. The highest BCUT2D eigenvalue weighted by Gasteiger charge is 2.37. The summed E-state index contributed by atoms with van der Waals surface area (Å²) in [5.74, 6) is 2.96. The molecular weight excluding hydrogens is 763 g/mol. The first-order valence-electron chi connectivity index (χ1n) is 23.2. The molecule has 0 saturated carbocycles. The van der Waals surface area contributed by atoms with Crippen molar-refractivity contribution in [2.24, 2.45) is 0 Å². The molecule has 63 heavy (non-hydrogen) atoms. The Morgan fingerprint density at radius 2 is 0.730 bits per heavy atom. The number of hydrogen-bond donors (Lipinski definition) is 0. The van der Waals surface area contributed by atoms with Crippen molar-refractivity contribution in [1.82, 2.24) is 9.13 Å². The maximum atomic E-state index is 7.39. The summed E-state index contributed by atoms with van der Waals surface area (Å²) < 4.78 is 12.4. The van der Waals surface area contributed by atoms with Gasteiger partial charge in [-0.15, -0.1) is 0 Å². The summed E-state index contributed by atoms with van der Waals surface area (Å²) in [6.45, 7) is 32.0. The zero-order valence-corrected chi connectivity index (χ0v) is 39.8. The summed E-state index contributed by atoms with van der Waals surface area (Å²) in [4.78, 5) is 0. The van der Waals surface area contributed by atoms with Crippen LogP contribution in [-0.4, -0.2) is 15.8 Å². The van der Waals surface area contributed by atoms with Gasteiger partial charge >= 0.3 is 0 Å². The molecule has 0 bridgehead atoms. The second kappa shape index (κ2) is 14.8. The first-order valence-corrected chi connectivity index (χ1v) is 23.2. The summed E-state index contributed by atoms with van der Waals surface area (Å²) in [7, 11) is 0. The Balaban J connectivity index is 1.28. The van der Waals surface area contributed by atoms with E-state index in [1.165, 1.54) is 121 Å². The first kappa shape index (κ1) is 41.0. The summed E-state index contributed by atoms with van der Waals surface area (Å²) >= 11 is 0. The number of aromatic nitrogens is 2. The molecule has 3 nitrogen and oxygen atoms in total. The van der Waals surface area contributed by atoms with Crippen molar-refractivity contribution in [2.75, 3.05) is 0 Å². The van der Waals surface area contributed by atoms with Gasteiger partial charge in [-0.2, -0.15) is 0 Å². The Kier molecular flexibility index (Phi) is 9.64. The Morgan fingerprint density at radius 1 is 0.397 bits per heavy atom. The van der Waals surface area contributed by atoms with E-state index < -0.39 is 0 Å². The Hall–Kier alpha value is -6.00. The van der Waals surface area contributed by atoms with Crippen LogP contribution in [0.1, 0.15) is 120 Å². The second-order valence-electron chi connectivity index (χ2n) is 20.1. The molecule has 0 N–H and O–H groups in total. The lowest BCUT2D eigenvalue weighted by Gasteiger charge is -2.32. The highest BCUT2D eigenvalue weighted by atomic mass is 16.5. The fourth-order valence-corrected chi connectivity index (χ4v) is 11.5. The minimum Gasteiger partial charge on any atom is -0.458 e. The topological polar surface area (TPSA) is 19.1 Å². The summed E-state index contributed by atoms with van der Waals surface area (Å²) in [6, 6.07) is 37.9. The molecule has 4 heteroatoms. The van der Waals surface area contributed by atoms with Crippen LogP contribution >= 0.6 is 0 Å². The highest BCUT2D eigenvalue weighted by Crippen LogP contribution is 2.41. The molecule has 0 amide bonds. The smallest absolute Gasteiger partial charge is 0.251 e. The predicted molar refractivity (Wildman–Crippen MR) is 273 cm³/mol. The van der Waals surface area contributed by atoms with E-state index in [1.54, 1.807) is 0 Å². The van der Waals surface area contributed by atoms with Gasteiger partial charge in [-0.1, -0.05) is 118 Å². The number of fused-ring (bicyclic) bond motifs is 8. The van der Waals surface area contributed by atoms with Crippen LogP contribution in [0.2, 0.25) is 0 Å². The fourth-order valence-electron chi connectivity index (χ4n) is 11.5. The average molecular weight is 825 g/mol. The maximum Gasteiger partial charge on any atom is 0.251 e. The summed E-state index contributed by atoms with van der Waals surface area (Å²) in [6.07, 6.45) is 0. The van der Waals surface area contributed by atoms with Crippen LogP contribution in [0, 0.1) is 55.4 Å². The zero-order chi connectivity index (χ0) is 44.5. The van der Waals surface area contributed by atoms with Crippen molar-refractivity contribution in [2.45, 2.75) is 115 Å². The summed E-state index contributed by atoms with van der Waals surface area (Å²) in [5, 5.41) is 5.21. The van der Waals surface area contributed by atoms with Crippen LogP contribution in [0.3, 0.4) is 0 Å². The van der Waals surface area contributed by atoms with Gasteiger partial charge in [-0.25, -0.2) is 0 Å². The monoisotopic (exact) mass is 824 g/mol. The minimum absolute atomic E-state index is 0.0123. The van der Waals surface area contributed by atoms with Crippen LogP contribution in [-0.2, 0) is 0 Å². The van der Waals surface area contributed by atoms with E-state index in [0.29, 0.717) is 17.8 Å². The molecule has 0 fully saturated rings. The Morgan fingerprint density at radius 3 is 1.03 bits per heavy atom. The number of aryl methyl sites for hydroxylation is 8. The quantitative estimate of drug-likeness (QED) is 0.153. The molecule has 1 aliphatic rings. The van der Waals surface area contributed by atoms with Crippen LogP contribution in [0.15, 0.2) is 97.1 Å². The van der Waals surface area contributed by atoms with Gasteiger partial charge in [0.25, 0.3) is 6.71 Å². The molecule has 0 saturated heterocycles. The van der Waals surface area contributed by atoms with Crippen molar-refractivity contribution < 1.29 is 4.74 Å². The average Bonchev–Trinajstić information content (AvgIpc) is 3.72. The van der Waals surface area contributed by atoms with Crippen LogP contribution in [0.25, 0.3) is 55.0 Å². The Bertz CT molecular complexity index is 3040. The van der Waals surface area contributed by atoms with E-state index in [9.17, 15) is 0 Å². The second-order valence-corrected chi connectivity index (χ2v) is 20.1. The molecule has 316 valence electrons. The molecule has 10 rings (SSSR count). The molecule has 0 radical (unpaired) electrons. The number of rotatable bonds is 6. The fraction of sp³-hybridized carbons (Fsp3) is 0.288.